The minimum Gasteiger partial charge on any atom is -0.469 e. The number of nitrogens with zero attached hydrogens (tertiary/aromatic N) is 2. The fourth-order valence-electron chi connectivity index (χ4n) is 4.60. The van der Waals surface area contributed by atoms with Crippen LogP contribution in [0, 0.1) is 5.92 Å². The van der Waals surface area contributed by atoms with E-state index in [4.69, 9.17) is 9.57 Å². The molecule has 0 N–H and O–H groups in total. The van der Waals surface area contributed by atoms with Crippen LogP contribution in [0.5, 0.6) is 0 Å². The summed E-state index contributed by atoms with van der Waals surface area (Å²) in [5, 5.41) is 2.59. The Hall–Kier alpha value is -2.94. The minimum atomic E-state index is -3.92. The summed E-state index contributed by atoms with van der Waals surface area (Å²) in [5.41, 5.74) is 2.07. The van der Waals surface area contributed by atoms with Crippen LogP contribution in [0.25, 0.3) is 10.9 Å². The first-order valence-electron chi connectivity index (χ1n) is 10.1. The first-order chi connectivity index (χ1) is 15.0. The highest BCUT2D eigenvalue weighted by atomic mass is 32.2. The largest absolute Gasteiger partial charge is 0.469 e. The second-order valence-electron chi connectivity index (χ2n) is 7.57. The number of aromatic nitrogens is 1. The molecule has 31 heavy (non-hydrogen) atoms. The van der Waals surface area contributed by atoms with Crippen LogP contribution in [0.15, 0.2) is 71.6 Å². The molecule has 2 aliphatic rings. The van der Waals surface area contributed by atoms with Crippen LogP contribution in [0.1, 0.15) is 17.3 Å². The Morgan fingerprint density at radius 3 is 2.61 bits per heavy atom. The molecule has 0 fully saturated rings. The van der Waals surface area contributed by atoms with Crippen molar-refractivity contribution in [3.8, 4) is 0 Å². The number of fused-ring (bicyclic) bond motifs is 5. The quantitative estimate of drug-likeness (QED) is 0.462. The summed E-state index contributed by atoms with van der Waals surface area (Å²) < 4.78 is 34.2. The van der Waals surface area contributed by atoms with Crippen LogP contribution in [-0.4, -0.2) is 43.7 Å². The van der Waals surface area contributed by atoms with Gasteiger partial charge in [0.2, 0.25) is 0 Å². The van der Waals surface area contributed by atoms with E-state index in [0.717, 1.165) is 10.9 Å². The molecule has 7 nitrogen and oxygen atoms in total. The minimum absolute atomic E-state index is 0.190. The molecule has 0 radical (unpaired) electrons. The van der Waals surface area contributed by atoms with Gasteiger partial charge in [-0.05, 0) is 30.2 Å². The zero-order valence-electron chi connectivity index (χ0n) is 17.0. The van der Waals surface area contributed by atoms with Crippen molar-refractivity contribution in [1.82, 2.24) is 9.04 Å². The molecule has 5 rings (SSSR count). The standard InChI is InChI=1S/C23H22N2O5S/c1-29-23(26)19-11-7-15-30-24-14-13-18-17-10-5-6-12-20(17)25(22(18)21(19)24)31(27,28)16-8-3-2-4-9-16/h2-12,19,21H,13-15H2,1H3/t19-,21-/m0/s1. The highest BCUT2D eigenvalue weighted by molar-refractivity contribution is 7.90. The van der Waals surface area contributed by atoms with Crippen molar-refractivity contribution in [3.05, 3.63) is 78.0 Å². The SMILES string of the molecule is COC(=O)[C@H]1C=CCON2CCc3c(n(S(=O)(=O)c4ccccc4)c4ccccc34)[C@H]12. The number of ether oxygens (including phenoxy) is 1. The smallest absolute Gasteiger partial charge is 0.314 e. The molecule has 3 heterocycles. The fraction of sp³-hybridized carbons (Fsp3) is 0.261. The van der Waals surface area contributed by atoms with Gasteiger partial charge in [-0.25, -0.2) is 12.4 Å². The molecule has 8 heteroatoms. The lowest BCUT2D eigenvalue weighted by atomic mass is 9.89. The van der Waals surface area contributed by atoms with E-state index in [-0.39, 0.29) is 4.90 Å². The van der Waals surface area contributed by atoms with E-state index < -0.39 is 28.0 Å². The van der Waals surface area contributed by atoms with Crippen LogP contribution in [0.4, 0.5) is 0 Å². The molecule has 2 aliphatic heterocycles. The first kappa shape index (κ1) is 20.0. The maximum Gasteiger partial charge on any atom is 0.314 e. The molecule has 160 valence electrons. The molecule has 3 aromatic rings. The van der Waals surface area contributed by atoms with Gasteiger partial charge in [-0.1, -0.05) is 48.6 Å². The number of benzene rings is 2. The van der Waals surface area contributed by atoms with Gasteiger partial charge in [0.05, 0.1) is 41.8 Å². The highest BCUT2D eigenvalue weighted by Gasteiger charge is 2.44. The summed E-state index contributed by atoms with van der Waals surface area (Å²) in [6, 6.07) is 15.2. The summed E-state index contributed by atoms with van der Waals surface area (Å²) >= 11 is 0. The van der Waals surface area contributed by atoms with E-state index >= 15 is 0 Å². The van der Waals surface area contributed by atoms with Crippen LogP contribution >= 0.6 is 0 Å². The van der Waals surface area contributed by atoms with Crippen LogP contribution < -0.4 is 0 Å². The summed E-state index contributed by atoms with van der Waals surface area (Å²) in [7, 11) is -2.58. The highest BCUT2D eigenvalue weighted by Crippen LogP contribution is 2.44. The van der Waals surface area contributed by atoms with Gasteiger partial charge < -0.3 is 4.74 Å². The Bertz CT molecular complexity index is 1280. The number of rotatable bonds is 3. The van der Waals surface area contributed by atoms with Gasteiger partial charge in [0.1, 0.15) is 0 Å². The van der Waals surface area contributed by atoms with Crippen molar-refractivity contribution < 1.29 is 22.8 Å². The van der Waals surface area contributed by atoms with E-state index in [1.807, 2.05) is 18.2 Å². The van der Waals surface area contributed by atoms with Crippen molar-refractivity contribution in [2.45, 2.75) is 17.4 Å². The lowest BCUT2D eigenvalue weighted by Gasteiger charge is -2.37. The normalized spacial score (nSPS) is 21.3. The maximum absolute atomic E-state index is 13.9. The van der Waals surface area contributed by atoms with Gasteiger partial charge in [0, 0.05) is 11.9 Å². The number of methoxy groups -OCH3 is 1. The molecule has 0 spiro atoms. The van der Waals surface area contributed by atoms with E-state index in [9.17, 15) is 13.2 Å². The van der Waals surface area contributed by atoms with Crippen LogP contribution in [-0.2, 0) is 30.8 Å². The van der Waals surface area contributed by atoms with E-state index in [1.165, 1.54) is 11.1 Å². The number of para-hydroxylation sites is 1. The van der Waals surface area contributed by atoms with Crippen molar-refractivity contribution in [3.63, 3.8) is 0 Å². The van der Waals surface area contributed by atoms with Crippen LogP contribution in [0.2, 0.25) is 0 Å². The molecule has 0 unspecified atom stereocenters. The monoisotopic (exact) mass is 438 g/mol. The molecule has 0 saturated carbocycles. The molecule has 0 saturated heterocycles. The fourth-order valence-corrected chi connectivity index (χ4v) is 6.20. The average molecular weight is 439 g/mol. The molecule has 2 atom stereocenters. The molecular formula is C23H22N2O5S. The summed E-state index contributed by atoms with van der Waals surface area (Å²) in [5.74, 6) is -1.13. The molecule has 0 amide bonds. The third kappa shape index (κ3) is 3.10. The predicted molar refractivity (Wildman–Crippen MR) is 115 cm³/mol. The van der Waals surface area contributed by atoms with Crippen LogP contribution in [0.3, 0.4) is 0 Å². The molecular weight excluding hydrogens is 416 g/mol. The van der Waals surface area contributed by atoms with Gasteiger partial charge in [-0.2, -0.15) is 5.06 Å². The predicted octanol–water partition coefficient (Wildman–Crippen LogP) is 3.07. The van der Waals surface area contributed by atoms with Crippen molar-refractivity contribution >= 4 is 26.9 Å². The zero-order chi connectivity index (χ0) is 21.6. The molecule has 2 aromatic carbocycles. The van der Waals surface area contributed by atoms with Crippen molar-refractivity contribution in [2.75, 3.05) is 20.3 Å². The Morgan fingerprint density at radius 1 is 1.10 bits per heavy atom. The Labute approximate surface area is 180 Å². The number of hydrogen-bond donors (Lipinski definition) is 0. The average Bonchev–Trinajstić information content (AvgIpc) is 2.99. The zero-order valence-corrected chi connectivity index (χ0v) is 17.8. The Balaban J connectivity index is 1.84. The lowest BCUT2D eigenvalue weighted by Crippen LogP contribution is -2.42. The summed E-state index contributed by atoms with van der Waals surface area (Å²) in [6.45, 7) is 0.858. The Morgan fingerprint density at radius 2 is 1.84 bits per heavy atom. The summed E-state index contributed by atoms with van der Waals surface area (Å²) in [6.07, 6.45) is 4.14. The van der Waals surface area contributed by atoms with E-state index in [0.29, 0.717) is 30.8 Å². The van der Waals surface area contributed by atoms with Crippen molar-refractivity contribution in [2.24, 2.45) is 5.92 Å². The van der Waals surface area contributed by atoms with E-state index in [1.54, 1.807) is 53.6 Å². The van der Waals surface area contributed by atoms with Gasteiger partial charge in [0.25, 0.3) is 10.0 Å². The second-order valence-corrected chi connectivity index (χ2v) is 9.36. The lowest BCUT2D eigenvalue weighted by molar-refractivity contribution is -0.194. The molecule has 0 aliphatic carbocycles. The van der Waals surface area contributed by atoms with E-state index in [2.05, 4.69) is 0 Å². The van der Waals surface area contributed by atoms with Gasteiger partial charge in [-0.15, -0.1) is 0 Å². The third-order valence-electron chi connectivity index (χ3n) is 5.92. The first-order valence-corrected chi connectivity index (χ1v) is 11.5. The molecule has 1 aromatic heterocycles. The number of esters is 1. The number of carbonyl (C=O) groups is 1. The Kier molecular flexibility index (Phi) is 4.92. The second kappa shape index (κ2) is 7.64. The maximum atomic E-state index is 13.9. The van der Waals surface area contributed by atoms with Gasteiger partial charge in [-0.3, -0.25) is 9.63 Å². The topological polar surface area (TPSA) is 77.8 Å². The number of hydrogen-bond acceptors (Lipinski definition) is 6. The number of carbonyl (C=O) groups excluding carboxylic acids is 1. The third-order valence-corrected chi connectivity index (χ3v) is 7.67. The number of hydroxylamine groups is 2. The van der Waals surface area contributed by atoms with Crippen molar-refractivity contribution in [1.29, 1.82) is 0 Å². The molecule has 0 bridgehead atoms. The van der Waals surface area contributed by atoms with Gasteiger partial charge in [0.15, 0.2) is 0 Å². The summed E-state index contributed by atoms with van der Waals surface area (Å²) in [4.78, 5) is 18.8. The van der Waals surface area contributed by atoms with Gasteiger partial charge >= 0.3 is 5.97 Å².